The van der Waals surface area contributed by atoms with Crippen LogP contribution in [0.1, 0.15) is 12.5 Å². The highest BCUT2D eigenvalue weighted by Crippen LogP contribution is 2.25. The second-order valence-electron chi connectivity index (χ2n) is 3.08. The van der Waals surface area contributed by atoms with Crippen molar-refractivity contribution in [2.24, 2.45) is 0 Å². The monoisotopic (exact) mass is 333 g/mol. The molecule has 0 atom stereocenters. The van der Waals surface area contributed by atoms with E-state index in [4.69, 9.17) is 0 Å². The van der Waals surface area contributed by atoms with Crippen molar-refractivity contribution in [3.63, 3.8) is 0 Å². The van der Waals surface area contributed by atoms with Crippen molar-refractivity contribution in [2.45, 2.75) is 6.92 Å². The average molecular weight is 335 g/mol. The minimum atomic E-state index is -0.377. The molecule has 0 fully saturated rings. The first-order valence-corrected chi connectivity index (χ1v) is 6.13. The van der Waals surface area contributed by atoms with E-state index in [1.54, 1.807) is 18.2 Å². The Morgan fingerprint density at radius 3 is 2.80 bits per heavy atom. The van der Waals surface area contributed by atoms with Crippen molar-refractivity contribution in [2.75, 3.05) is 5.33 Å². The number of nitrogens with zero attached hydrogens (tertiary/aromatic N) is 1. The van der Waals surface area contributed by atoms with Gasteiger partial charge in [-0.15, -0.1) is 0 Å². The second kappa shape index (κ2) is 5.42. The van der Waals surface area contributed by atoms with Crippen LogP contribution in [0, 0.1) is 10.1 Å². The molecule has 0 saturated heterocycles. The largest absolute Gasteiger partial charge is 0.277 e. The van der Waals surface area contributed by atoms with Gasteiger partial charge in [-0.05, 0) is 25.1 Å². The maximum atomic E-state index is 10.8. The Hall–Kier alpha value is -0.680. The molecule has 1 aromatic carbocycles. The zero-order valence-electron chi connectivity index (χ0n) is 8.04. The minimum Gasteiger partial charge on any atom is -0.258 e. The second-order valence-corrected chi connectivity index (χ2v) is 4.56. The fourth-order valence-corrected chi connectivity index (χ4v) is 1.61. The summed E-state index contributed by atoms with van der Waals surface area (Å²) < 4.78 is 0.711. The molecule has 0 unspecified atom stereocenters. The van der Waals surface area contributed by atoms with Crippen LogP contribution in [0.15, 0.2) is 28.2 Å². The Bertz CT molecular complexity index is 416. The lowest BCUT2D eigenvalue weighted by Crippen LogP contribution is -1.92. The number of rotatable bonds is 3. The molecular formula is C10H9Br2NO2. The van der Waals surface area contributed by atoms with Crippen molar-refractivity contribution < 1.29 is 4.92 Å². The van der Waals surface area contributed by atoms with Gasteiger partial charge in [0.1, 0.15) is 0 Å². The summed E-state index contributed by atoms with van der Waals surface area (Å²) in [5, 5.41) is 11.5. The first-order chi connectivity index (χ1) is 7.04. The van der Waals surface area contributed by atoms with Crippen molar-refractivity contribution >= 4 is 43.6 Å². The molecular weight excluding hydrogens is 326 g/mol. The van der Waals surface area contributed by atoms with Crippen LogP contribution in [0.25, 0.3) is 6.08 Å². The van der Waals surface area contributed by atoms with Gasteiger partial charge in [0.15, 0.2) is 0 Å². The van der Waals surface area contributed by atoms with Gasteiger partial charge in [-0.1, -0.05) is 37.4 Å². The molecule has 80 valence electrons. The van der Waals surface area contributed by atoms with Crippen LogP contribution in [0.3, 0.4) is 0 Å². The SMILES string of the molecule is C/C(=C/c1ccc(Br)cc1[N+](=O)[O-])CBr. The van der Waals surface area contributed by atoms with Gasteiger partial charge in [0.05, 0.1) is 10.5 Å². The molecule has 0 heterocycles. The molecule has 1 aromatic rings. The van der Waals surface area contributed by atoms with Crippen LogP contribution < -0.4 is 0 Å². The highest BCUT2D eigenvalue weighted by molar-refractivity contribution is 9.10. The maximum Gasteiger partial charge on any atom is 0.277 e. The molecule has 3 nitrogen and oxygen atoms in total. The quantitative estimate of drug-likeness (QED) is 0.473. The molecule has 0 spiro atoms. The van der Waals surface area contributed by atoms with Gasteiger partial charge < -0.3 is 0 Å². The molecule has 0 aliphatic carbocycles. The number of allylic oxidation sites excluding steroid dienone is 1. The van der Waals surface area contributed by atoms with E-state index in [1.165, 1.54) is 6.07 Å². The molecule has 15 heavy (non-hydrogen) atoms. The predicted molar refractivity (Wildman–Crippen MR) is 68.2 cm³/mol. The third-order valence-corrected chi connectivity index (χ3v) is 3.18. The van der Waals surface area contributed by atoms with Gasteiger partial charge in [0.2, 0.25) is 0 Å². The maximum absolute atomic E-state index is 10.8. The fraction of sp³-hybridized carbons (Fsp3) is 0.200. The normalized spacial score (nSPS) is 11.5. The standard InChI is InChI=1S/C10H9Br2NO2/c1-7(6-11)4-8-2-3-9(12)5-10(8)13(14)15/h2-5H,6H2,1H3/b7-4-. The Balaban J connectivity index is 3.23. The highest BCUT2D eigenvalue weighted by atomic mass is 79.9. The summed E-state index contributed by atoms with van der Waals surface area (Å²) in [5.41, 5.74) is 1.78. The van der Waals surface area contributed by atoms with E-state index < -0.39 is 0 Å². The summed E-state index contributed by atoms with van der Waals surface area (Å²) in [6, 6.07) is 5.03. The summed E-state index contributed by atoms with van der Waals surface area (Å²) in [7, 11) is 0. The van der Waals surface area contributed by atoms with Crippen molar-refractivity contribution in [1.29, 1.82) is 0 Å². The van der Waals surface area contributed by atoms with Crippen LogP contribution in [0.5, 0.6) is 0 Å². The topological polar surface area (TPSA) is 43.1 Å². The van der Waals surface area contributed by atoms with E-state index in [0.29, 0.717) is 15.4 Å². The Labute approximate surface area is 105 Å². The highest BCUT2D eigenvalue weighted by Gasteiger charge is 2.11. The molecule has 0 aromatic heterocycles. The molecule has 0 amide bonds. The summed E-state index contributed by atoms with van der Waals surface area (Å²) >= 11 is 6.51. The van der Waals surface area contributed by atoms with Crippen LogP contribution in [-0.4, -0.2) is 10.3 Å². The average Bonchev–Trinajstić information content (AvgIpc) is 2.20. The van der Waals surface area contributed by atoms with Gasteiger partial charge in [0.25, 0.3) is 5.69 Å². The molecule has 0 aliphatic rings. The van der Waals surface area contributed by atoms with E-state index in [-0.39, 0.29) is 10.6 Å². The molecule has 0 radical (unpaired) electrons. The number of nitro benzene ring substituents is 1. The number of hydrogen-bond donors (Lipinski definition) is 0. The van der Waals surface area contributed by atoms with Crippen molar-refractivity contribution in [3.8, 4) is 0 Å². The zero-order chi connectivity index (χ0) is 11.4. The summed E-state index contributed by atoms with van der Waals surface area (Å²) in [6.07, 6.45) is 1.80. The Morgan fingerprint density at radius 1 is 1.60 bits per heavy atom. The number of alkyl halides is 1. The molecule has 0 saturated carbocycles. The third kappa shape index (κ3) is 3.43. The number of nitro groups is 1. The van der Waals surface area contributed by atoms with Crippen molar-refractivity contribution in [3.05, 3.63) is 43.9 Å². The predicted octanol–water partition coefficient (Wildman–Crippen LogP) is 4.16. The summed E-state index contributed by atoms with van der Waals surface area (Å²) in [5.74, 6) is 0. The minimum absolute atomic E-state index is 0.115. The molecule has 0 N–H and O–H groups in total. The number of halogens is 2. The van der Waals surface area contributed by atoms with E-state index in [2.05, 4.69) is 31.9 Å². The van der Waals surface area contributed by atoms with E-state index >= 15 is 0 Å². The number of hydrogen-bond acceptors (Lipinski definition) is 2. The van der Waals surface area contributed by atoms with E-state index in [9.17, 15) is 10.1 Å². The fourth-order valence-electron chi connectivity index (χ4n) is 1.10. The molecule has 0 aliphatic heterocycles. The van der Waals surface area contributed by atoms with Gasteiger partial charge in [0, 0.05) is 15.9 Å². The van der Waals surface area contributed by atoms with E-state index in [1.807, 2.05) is 6.92 Å². The zero-order valence-corrected chi connectivity index (χ0v) is 11.2. The Morgan fingerprint density at radius 2 is 2.27 bits per heavy atom. The summed E-state index contributed by atoms with van der Waals surface area (Å²) in [4.78, 5) is 10.4. The Kier molecular flexibility index (Phi) is 4.47. The van der Waals surface area contributed by atoms with Crippen LogP contribution >= 0.6 is 31.9 Å². The van der Waals surface area contributed by atoms with E-state index in [0.717, 1.165) is 5.57 Å². The van der Waals surface area contributed by atoms with Gasteiger partial charge in [-0.3, -0.25) is 10.1 Å². The molecule has 5 heteroatoms. The van der Waals surface area contributed by atoms with Crippen LogP contribution in [0.4, 0.5) is 5.69 Å². The summed E-state index contributed by atoms with van der Waals surface area (Å²) in [6.45, 7) is 1.92. The lowest BCUT2D eigenvalue weighted by Gasteiger charge is -2.00. The lowest BCUT2D eigenvalue weighted by molar-refractivity contribution is -0.385. The first kappa shape index (κ1) is 12.4. The number of benzene rings is 1. The van der Waals surface area contributed by atoms with Gasteiger partial charge >= 0.3 is 0 Å². The van der Waals surface area contributed by atoms with Crippen LogP contribution in [0.2, 0.25) is 0 Å². The first-order valence-electron chi connectivity index (χ1n) is 4.21. The van der Waals surface area contributed by atoms with Crippen molar-refractivity contribution in [1.82, 2.24) is 0 Å². The molecule has 1 rings (SSSR count). The van der Waals surface area contributed by atoms with Gasteiger partial charge in [-0.25, -0.2) is 0 Å². The molecule has 0 bridgehead atoms. The third-order valence-electron chi connectivity index (χ3n) is 1.80. The smallest absolute Gasteiger partial charge is 0.258 e. The van der Waals surface area contributed by atoms with Gasteiger partial charge in [-0.2, -0.15) is 0 Å². The lowest BCUT2D eigenvalue weighted by atomic mass is 10.1. The van der Waals surface area contributed by atoms with Crippen LogP contribution in [-0.2, 0) is 0 Å².